The molecule has 84 heavy (non-hydrogen) atoms. The van der Waals surface area contributed by atoms with Crippen molar-refractivity contribution >= 4 is 63.8 Å². The summed E-state index contributed by atoms with van der Waals surface area (Å²) in [4.78, 5) is 118. The van der Waals surface area contributed by atoms with E-state index in [2.05, 4.69) is 50.1 Å². The zero-order valence-electron chi connectivity index (χ0n) is 50.5. The first-order valence-electron chi connectivity index (χ1n) is 30.2. The lowest BCUT2D eigenvalue weighted by Gasteiger charge is -2.42. The molecule has 4 aliphatic rings. The van der Waals surface area contributed by atoms with Crippen LogP contribution < -0.4 is 31.9 Å². The van der Waals surface area contributed by atoms with Crippen molar-refractivity contribution in [1.29, 1.82) is 0 Å². The predicted octanol–water partition coefficient (Wildman–Crippen LogP) is 8.87. The van der Waals surface area contributed by atoms with Crippen LogP contribution in [0.5, 0.6) is 0 Å². The second-order valence-electron chi connectivity index (χ2n) is 26.0. The fourth-order valence-electron chi connectivity index (χ4n) is 12.6. The molecule has 5 aromatic rings. The molecule has 4 aromatic carbocycles. The van der Waals surface area contributed by atoms with Crippen molar-refractivity contribution in [3.63, 3.8) is 0 Å². The number of anilines is 1. The Morgan fingerprint density at radius 3 is 1.90 bits per heavy atom. The lowest BCUT2D eigenvalue weighted by atomic mass is 9.76. The molecule has 2 aliphatic heterocycles. The Kier molecular flexibility index (Phi) is 18.3. The largest absolute Gasteiger partial charge is 0.347 e. The number of aryl methyl sites for hydroxylation is 2. The van der Waals surface area contributed by atoms with Crippen molar-refractivity contribution in [3.05, 3.63) is 136 Å². The molecular weight excluding hydrogens is 1060 g/mol. The first-order valence-corrected chi connectivity index (χ1v) is 30.2. The Hall–Kier alpha value is -7.66. The first-order chi connectivity index (χ1) is 39.9. The van der Waals surface area contributed by atoms with E-state index in [0.717, 1.165) is 60.8 Å². The molecule has 0 radical (unpaired) electrons. The average Bonchev–Trinajstić information content (AvgIpc) is 1.92. The van der Waals surface area contributed by atoms with E-state index in [0.29, 0.717) is 23.0 Å². The van der Waals surface area contributed by atoms with Crippen LogP contribution in [0.1, 0.15) is 163 Å². The third-order valence-corrected chi connectivity index (χ3v) is 18.1. The van der Waals surface area contributed by atoms with Gasteiger partial charge in [-0.15, -0.1) is 0 Å². The summed E-state index contributed by atoms with van der Waals surface area (Å²) in [5.41, 5.74) is 5.95. The van der Waals surface area contributed by atoms with Gasteiger partial charge in [-0.1, -0.05) is 116 Å². The third kappa shape index (κ3) is 13.3. The quantitative estimate of drug-likeness (QED) is 0.0555. The summed E-state index contributed by atoms with van der Waals surface area (Å²) in [6.45, 7) is 17.1. The van der Waals surface area contributed by atoms with Gasteiger partial charge >= 0.3 is 6.03 Å². The maximum absolute atomic E-state index is 15.0. The van der Waals surface area contributed by atoms with Gasteiger partial charge in [0, 0.05) is 60.6 Å². The van der Waals surface area contributed by atoms with Crippen molar-refractivity contribution < 1.29 is 38.4 Å². The molecular formula is C67H85N9O8. The van der Waals surface area contributed by atoms with E-state index in [4.69, 9.17) is 0 Å². The molecule has 0 spiro atoms. The van der Waals surface area contributed by atoms with Gasteiger partial charge in [0.15, 0.2) is 0 Å². The Morgan fingerprint density at radius 2 is 1.30 bits per heavy atom. The van der Waals surface area contributed by atoms with Crippen molar-refractivity contribution in [2.24, 2.45) is 22.7 Å². The van der Waals surface area contributed by atoms with Crippen LogP contribution >= 0.6 is 0 Å². The zero-order valence-corrected chi connectivity index (χ0v) is 50.5. The number of rotatable bonds is 16. The lowest BCUT2D eigenvalue weighted by Crippen LogP contribution is -2.61. The van der Waals surface area contributed by atoms with E-state index in [1.54, 1.807) is 60.3 Å². The van der Waals surface area contributed by atoms with Gasteiger partial charge in [0.05, 0.1) is 29.7 Å². The molecule has 17 nitrogen and oxygen atoms in total. The maximum atomic E-state index is 15.0. The number of hydrogen-bond acceptors (Lipinski definition) is 9. The average molecular weight is 1140 g/mol. The number of carbonyl (C=O) groups excluding carboxylic acids is 8. The topological polar surface area (TPSA) is 220 Å². The molecule has 6 N–H and O–H groups in total. The number of nitrogens with zero attached hydrogens (tertiary/aromatic N) is 3. The molecule has 1 saturated heterocycles. The van der Waals surface area contributed by atoms with Crippen LogP contribution in [-0.4, -0.2) is 105 Å². The third-order valence-electron chi connectivity index (χ3n) is 18.1. The predicted molar refractivity (Wildman–Crippen MR) is 325 cm³/mol. The minimum atomic E-state index is -0.933. The summed E-state index contributed by atoms with van der Waals surface area (Å²) in [7, 11) is 1.70. The second kappa shape index (κ2) is 25.3. The maximum Gasteiger partial charge on any atom is 0.326 e. The number of Topliss-reactive ketones (excluding diaryl/α,β-unsaturated/α-hetero) is 1. The molecule has 0 saturated carbocycles. The van der Waals surface area contributed by atoms with E-state index in [1.807, 2.05) is 97.9 Å². The number of hydrogen-bond donors (Lipinski definition) is 6. The lowest BCUT2D eigenvalue weighted by molar-refractivity contribution is -0.147. The number of carbonyl (C=O) groups is 8. The van der Waals surface area contributed by atoms with Gasteiger partial charge in [-0.2, -0.15) is 0 Å². The van der Waals surface area contributed by atoms with Crippen LogP contribution in [-0.2, 0) is 54.6 Å². The van der Waals surface area contributed by atoms with E-state index in [9.17, 15) is 38.4 Å². The Morgan fingerprint density at radius 1 is 0.667 bits per heavy atom. The van der Waals surface area contributed by atoms with Crippen LogP contribution in [0.3, 0.4) is 0 Å². The van der Waals surface area contributed by atoms with Crippen LogP contribution in [0, 0.1) is 22.7 Å². The number of ketones is 1. The summed E-state index contributed by atoms with van der Waals surface area (Å²) in [5, 5.41) is 19.4. The highest BCUT2D eigenvalue weighted by atomic mass is 16.2. The van der Waals surface area contributed by atoms with E-state index in [1.165, 1.54) is 15.7 Å². The van der Waals surface area contributed by atoms with Gasteiger partial charge < -0.3 is 41.7 Å². The number of nitrogens with one attached hydrogen (secondary N) is 6. The van der Waals surface area contributed by atoms with Gasteiger partial charge in [0.25, 0.3) is 5.91 Å². The minimum Gasteiger partial charge on any atom is -0.347 e. The van der Waals surface area contributed by atoms with E-state index < -0.39 is 58.9 Å². The summed E-state index contributed by atoms with van der Waals surface area (Å²) in [6.07, 6.45) is 7.74. The number of likely N-dealkylation sites (N-methyl/N-ethyl adjacent to an activating group) is 1. The van der Waals surface area contributed by atoms with Crippen LogP contribution in [0.15, 0.2) is 97.2 Å². The highest BCUT2D eigenvalue weighted by Gasteiger charge is 2.47. The van der Waals surface area contributed by atoms with Gasteiger partial charge in [0.1, 0.15) is 23.9 Å². The van der Waals surface area contributed by atoms with Crippen LogP contribution in [0.4, 0.5) is 10.5 Å². The number of benzene rings is 4. The molecule has 1 aromatic heterocycles. The van der Waals surface area contributed by atoms with Crippen molar-refractivity contribution in [2.75, 3.05) is 18.9 Å². The van der Waals surface area contributed by atoms with E-state index in [-0.39, 0.29) is 91.2 Å². The van der Waals surface area contributed by atoms with Crippen molar-refractivity contribution in [3.8, 4) is 0 Å². The minimum absolute atomic E-state index is 0.0183. The molecule has 1 fully saturated rings. The fourth-order valence-corrected chi connectivity index (χ4v) is 12.6. The fraction of sp³-hybridized carbons (Fsp3) is 0.493. The Balaban J connectivity index is 0.937. The smallest absolute Gasteiger partial charge is 0.326 e. The highest BCUT2D eigenvalue weighted by Crippen LogP contribution is 2.37. The first kappa shape index (κ1) is 60.9. The molecule has 3 heterocycles. The zero-order chi connectivity index (χ0) is 60.4. The molecule has 0 bridgehead atoms. The molecule has 9 rings (SSSR count). The number of amides is 7. The normalized spacial score (nSPS) is 20.9. The monoisotopic (exact) mass is 1140 g/mol. The second-order valence-corrected chi connectivity index (χ2v) is 26.0. The van der Waals surface area contributed by atoms with E-state index >= 15 is 0 Å². The van der Waals surface area contributed by atoms with Crippen molar-refractivity contribution in [2.45, 2.75) is 175 Å². The number of fused-ring (bicyclic) bond motifs is 4. The Labute approximate surface area is 494 Å². The molecule has 446 valence electrons. The van der Waals surface area contributed by atoms with Gasteiger partial charge in [-0.25, -0.2) is 4.79 Å². The summed E-state index contributed by atoms with van der Waals surface area (Å²) < 4.78 is 1.42. The number of aromatic nitrogens is 1. The van der Waals surface area contributed by atoms with Crippen LogP contribution in [0.25, 0.3) is 10.9 Å². The number of likely N-dealkylation sites (tertiary alicyclic amines) is 1. The Bertz CT molecular complexity index is 3340. The molecule has 17 heteroatoms. The highest BCUT2D eigenvalue weighted by molar-refractivity contribution is 6.07. The van der Waals surface area contributed by atoms with Gasteiger partial charge in [-0.3, -0.25) is 38.1 Å². The molecule has 3 unspecified atom stereocenters. The van der Waals surface area contributed by atoms with Crippen molar-refractivity contribution in [1.82, 2.24) is 41.0 Å². The standard InChI is InChI=1S/C67H85N9O8/c1-11-39(2)59(78)73-58(67(7,8)9)64(83)75-37-46-32-47(29-28-44(46)33-55(75)61(80)71-52-24-16-20-41-18-12-14-22-49(41)52)69-60(79)45-27-26-43-30-31-74(54(43)34-45)65(84)70-48-35-56(62(81)72-53-25-17-21-42-19-13-15-23-50(42)53)76(38-48)63(82)51(66(4,5)6)36-57(77)40(3)68-10/h12-15,18-19,22-23,26-32,34,39-40,48,51-53,55-56,58,68H,11,16-17,20-21,24-25,33,35-38H2,1-10H3,(H,69,79)(H,70,84)(H,71,80)(H,72,81)(H,73,78)/t39-,40+,48?,51-,52?,53?,55+,56+,58-/m1/s1. The summed E-state index contributed by atoms with van der Waals surface area (Å²) in [6, 6.07) is 23.7. The SMILES string of the molecule is CC[C@@H](C)C(=O)N[C@H](C(=O)N1Cc2cc(NC(=O)c3ccc4ccn(C(=O)NC5C[C@@H](C(=O)NC6CCCc7ccccc76)N(C(=O)[C@@H](CC(=O)[C@H](C)NC)C(C)(C)C)C5)c4c3)ccc2C[C@H]1C(=O)NC1CCCc2ccccc21)C(C)(C)C. The molecule has 7 amide bonds. The van der Waals surface area contributed by atoms with Gasteiger partial charge in [0.2, 0.25) is 29.5 Å². The molecule has 2 aliphatic carbocycles. The summed E-state index contributed by atoms with van der Waals surface area (Å²) >= 11 is 0. The summed E-state index contributed by atoms with van der Waals surface area (Å²) in [5.74, 6) is -3.15. The van der Waals surface area contributed by atoms with Gasteiger partial charge in [-0.05, 0) is 140 Å². The van der Waals surface area contributed by atoms with Crippen LogP contribution in [0.2, 0.25) is 0 Å². The molecule has 9 atom stereocenters.